The summed E-state index contributed by atoms with van der Waals surface area (Å²) >= 11 is 17.5. The Kier molecular flexibility index (Phi) is 25.6. The molecule has 0 bridgehead atoms. The molecule has 3 heterocycles. The van der Waals surface area contributed by atoms with E-state index >= 15 is 0 Å². The third-order valence-electron chi connectivity index (χ3n) is 12.1. The molecule has 3 aliphatic heterocycles. The van der Waals surface area contributed by atoms with Crippen LogP contribution in [-0.4, -0.2) is 182 Å². The maximum atomic E-state index is 14.4. The van der Waals surface area contributed by atoms with Crippen LogP contribution in [0.1, 0.15) is 71.4 Å². The zero-order valence-corrected chi connectivity index (χ0v) is 47.7. The van der Waals surface area contributed by atoms with Crippen LogP contribution in [0.25, 0.3) is 0 Å². The molecule has 30 heteroatoms. The van der Waals surface area contributed by atoms with Crippen LogP contribution in [0.2, 0.25) is 0 Å². The zero-order valence-electron chi connectivity index (χ0n) is 45.4. The molecule has 2 N–H and O–H groups in total. The van der Waals surface area contributed by atoms with Gasteiger partial charge < -0.3 is 76.9 Å². The monoisotopic (exact) mass is 1220 g/mol. The number of alkyl carbamates (subject to hydrolysis) is 2. The van der Waals surface area contributed by atoms with Crippen molar-refractivity contribution in [2.75, 3.05) is 46.7 Å². The maximum Gasteiger partial charge on any atom is 0.417 e. The van der Waals surface area contributed by atoms with Gasteiger partial charge in [0.05, 0.1) is 26.7 Å². The first-order chi connectivity index (χ1) is 38.9. The second-order valence-electron chi connectivity index (χ2n) is 18.5. The van der Waals surface area contributed by atoms with Gasteiger partial charge in [-0.25, -0.2) is 24.1 Å². The number of methoxy groups -OCH3 is 1. The van der Waals surface area contributed by atoms with Crippen LogP contribution in [0.3, 0.4) is 0 Å². The molecule has 0 spiro atoms. The molecule has 82 heavy (non-hydrogen) atoms. The summed E-state index contributed by atoms with van der Waals surface area (Å²) in [6.07, 6.45) is -17.1. The normalized spacial score (nSPS) is 23.7. The molecule has 3 saturated heterocycles. The molecule has 27 nitrogen and oxygen atoms in total. The molecular formula is C52H64Cl3N3O24. The van der Waals surface area contributed by atoms with E-state index in [1.807, 2.05) is 18.2 Å². The Morgan fingerprint density at radius 1 is 0.756 bits per heavy atom. The first-order valence-electron chi connectivity index (χ1n) is 25.5. The molecule has 452 valence electrons. The summed E-state index contributed by atoms with van der Waals surface area (Å²) in [4.78, 5) is 132. The van der Waals surface area contributed by atoms with Crippen LogP contribution in [0, 0.1) is 0 Å². The van der Waals surface area contributed by atoms with Crippen molar-refractivity contribution in [3.05, 3.63) is 71.8 Å². The van der Waals surface area contributed by atoms with E-state index < -0.39 is 164 Å². The van der Waals surface area contributed by atoms with Crippen molar-refractivity contribution in [3.63, 3.8) is 0 Å². The average Bonchev–Trinajstić information content (AvgIpc) is 3.93. The number of alkyl halides is 3. The second-order valence-corrected chi connectivity index (χ2v) is 21.0. The topological polar surface area (TPSA) is 327 Å². The molecule has 5 rings (SSSR count). The van der Waals surface area contributed by atoms with Crippen LogP contribution < -0.4 is 10.6 Å². The summed E-state index contributed by atoms with van der Waals surface area (Å²) in [7, 11) is 0.926. The van der Waals surface area contributed by atoms with Gasteiger partial charge in [-0.15, -0.1) is 0 Å². The van der Waals surface area contributed by atoms with Crippen molar-refractivity contribution in [1.82, 2.24) is 15.5 Å². The van der Waals surface area contributed by atoms with E-state index in [-0.39, 0.29) is 32.8 Å². The number of hydrogen-bond donors (Lipinski definition) is 2. The first-order valence-corrected chi connectivity index (χ1v) is 26.6. The van der Waals surface area contributed by atoms with Crippen LogP contribution >= 0.6 is 34.8 Å². The molecule has 0 aromatic heterocycles. The lowest BCUT2D eigenvalue weighted by atomic mass is 9.87. The Balaban J connectivity index is 1.49. The molecule has 2 aromatic carbocycles. The number of rotatable bonds is 27. The lowest BCUT2D eigenvalue weighted by molar-refractivity contribution is -0.331. The van der Waals surface area contributed by atoms with Crippen molar-refractivity contribution in [2.24, 2.45) is 0 Å². The third-order valence-corrected chi connectivity index (χ3v) is 12.4. The van der Waals surface area contributed by atoms with E-state index in [9.17, 15) is 47.9 Å². The first kappa shape index (κ1) is 66.2. The van der Waals surface area contributed by atoms with Crippen molar-refractivity contribution in [3.8, 4) is 0 Å². The summed E-state index contributed by atoms with van der Waals surface area (Å²) in [5.41, 5.74) is 1.46. The number of ether oxygens (including phenoxy) is 14. The van der Waals surface area contributed by atoms with E-state index in [1.54, 1.807) is 42.5 Å². The molecule has 0 radical (unpaired) electrons. The molecule has 3 fully saturated rings. The third kappa shape index (κ3) is 20.4. The minimum Gasteiger partial charge on any atom is -0.465 e. The minimum absolute atomic E-state index is 0.0579. The molecule has 0 saturated carbocycles. The zero-order chi connectivity index (χ0) is 60.1. The fraction of sp³-hybridized carbons (Fsp3) is 0.577. The molecule has 0 aliphatic carbocycles. The van der Waals surface area contributed by atoms with Gasteiger partial charge in [-0.3, -0.25) is 28.8 Å². The summed E-state index contributed by atoms with van der Waals surface area (Å²) in [5, 5.41) is 5.10. The van der Waals surface area contributed by atoms with E-state index in [4.69, 9.17) is 101 Å². The number of fused-ring (bicyclic) bond motifs is 1. The Morgan fingerprint density at radius 3 is 1.99 bits per heavy atom. The van der Waals surface area contributed by atoms with Gasteiger partial charge in [0.15, 0.2) is 30.7 Å². The van der Waals surface area contributed by atoms with Crippen molar-refractivity contribution in [2.45, 2.75) is 144 Å². The largest absolute Gasteiger partial charge is 0.465 e. The summed E-state index contributed by atoms with van der Waals surface area (Å²) in [6.45, 7) is 1.73. The van der Waals surface area contributed by atoms with Gasteiger partial charge in [-0.1, -0.05) is 95.5 Å². The average molecular weight is 1220 g/mol. The fourth-order valence-electron chi connectivity index (χ4n) is 8.80. The number of carbonyl (C=O) groups excluding carboxylic acids is 10. The number of esters is 6. The summed E-state index contributed by atoms with van der Waals surface area (Å²) in [5.74, 6) is -10.1. The smallest absolute Gasteiger partial charge is 0.417 e. The lowest BCUT2D eigenvalue weighted by Crippen LogP contribution is -2.69. The maximum absolute atomic E-state index is 14.4. The number of amides is 4. The van der Waals surface area contributed by atoms with E-state index in [0.717, 1.165) is 47.3 Å². The second kappa shape index (κ2) is 31.7. The number of benzene rings is 2. The van der Waals surface area contributed by atoms with Gasteiger partial charge >= 0.3 is 54.1 Å². The fourth-order valence-corrected chi connectivity index (χ4v) is 8.96. The van der Waals surface area contributed by atoms with Crippen LogP contribution in [0.15, 0.2) is 60.7 Å². The number of halogens is 3. The highest BCUT2D eigenvalue weighted by Gasteiger charge is 2.65. The van der Waals surface area contributed by atoms with Gasteiger partial charge in [-0.05, 0) is 30.4 Å². The molecule has 2 aromatic rings. The minimum atomic E-state index is -2.82. The Bertz CT molecular complexity index is 2530. The number of nitrogens with zero attached hydrogens (tertiary/aromatic N) is 1. The number of nitrogens with one attached hydrogen (secondary N) is 2. The standard InChI is InChI=1S/C52H64Cl3N3O24/c1-29(59)72-25-37(76-30(2)60)43(78-32(4)62)45-41-36(81-50(68)58(41)39(64)27-70-23-34-16-10-7-11-17-34)22-51(82-45,47(65)69-6)75-26-38-42(77-31(3)61)44(79-33(5)63)40(57-49(67)74-28-52(53,54)55)46(80-38)71-21-15-9-14-20-56-48(66)73-24-35-18-12-8-13-19-35/h7-8,10-13,16-19,36-38,40-46H,9,14-15,20-28H2,1-6H3,(H,56,66)(H,57,67)/t36-,37+,38+,40+,41+,42+,43+,44+,45+,46+,51+/m0/s1. The van der Waals surface area contributed by atoms with Crippen molar-refractivity contribution < 1.29 is 114 Å². The van der Waals surface area contributed by atoms with E-state index in [0.29, 0.717) is 23.3 Å². The highest BCUT2D eigenvalue weighted by atomic mass is 35.6. The predicted molar refractivity (Wildman–Crippen MR) is 278 cm³/mol. The Labute approximate surface area is 485 Å². The van der Waals surface area contributed by atoms with Gasteiger partial charge in [-0.2, -0.15) is 0 Å². The molecule has 4 amide bonds. The molecule has 0 unspecified atom stereocenters. The van der Waals surface area contributed by atoms with E-state index in [2.05, 4.69) is 10.6 Å². The van der Waals surface area contributed by atoms with Crippen LogP contribution in [0.4, 0.5) is 14.4 Å². The van der Waals surface area contributed by atoms with Gasteiger partial charge in [0.25, 0.3) is 11.7 Å². The summed E-state index contributed by atoms with van der Waals surface area (Å²) < 4.78 is 77.9. The number of imide groups is 1. The van der Waals surface area contributed by atoms with Crippen LogP contribution in [0.5, 0.6) is 0 Å². The Morgan fingerprint density at radius 2 is 1.39 bits per heavy atom. The summed E-state index contributed by atoms with van der Waals surface area (Å²) in [6, 6.07) is 14.5. The van der Waals surface area contributed by atoms with Gasteiger partial charge in [0.2, 0.25) is 3.79 Å². The highest BCUT2D eigenvalue weighted by Crippen LogP contribution is 2.43. The molecular weight excluding hydrogens is 1160 g/mol. The van der Waals surface area contributed by atoms with Crippen molar-refractivity contribution in [1.29, 1.82) is 0 Å². The van der Waals surface area contributed by atoms with Crippen LogP contribution in [-0.2, 0) is 113 Å². The number of unbranched alkanes of at least 4 members (excludes halogenated alkanes) is 2. The quantitative estimate of drug-likeness (QED) is 0.0548. The van der Waals surface area contributed by atoms with Gasteiger partial charge in [0.1, 0.15) is 56.8 Å². The highest BCUT2D eigenvalue weighted by molar-refractivity contribution is 6.67. The van der Waals surface area contributed by atoms with E-state index in [1.165, 1.54) is 0 Å². The molecule has 11 atom stereocenters. The predicted octanol–water partition coefficient (Wildman–Crippen LogP) is 4.19. The van der Waals surface area contributed by atoms with Gasteiger partial charge in [0, 0.05) is 47.8 Å². The molecule has 3 aliphatic rings. The number of hydrogen-bond acceptors (Lipinski definition) is 24. The Hall–Kier alpha value is -6.59. The van der Waals surface area contributed by atoms with Crippen molar-refractivity contribution >= 4 is 94.8 Å². The lowest BCUT2D eigenvalue weighted by Gasteiger charge is -2.48. The SMILES string of the molecule is COC(=O)[C@@]1(OC[C@H]2O[C@@H](OCCCCCNC(=O)OCc3ccccc3)[C@H](NC(=O)OCC(Cl)(Cl)Cl)[C@@H](OC(C)=O)[C@@H]2OC(C)=O)C[C@@H]2OC(=O)N(C(=O)COCc3ccccc3)[C@H]2[C@H]([C@H](OC(C)=O)[C@@H](COC(C)=O)OC(C)=O)O1. The number of carbonyl (C=O) groups is 10.